The van der Waals surface area contributed by atoms with Gasteiger partial charge in [-0.1, -0.05) is 31.7 Å². The summed E-state index contributed by atoms with van der Waals surface area (Å²) in [4.78, 5) is 17.8. The fourth-order valence-corrected chi connectivity index (χ4v) is 6.64. The minimum Gasteiger partial charge on any atom is -0.315 e. The molecule has 2 aliphatic heterocycles. The van der Waals surface area contributed by atoms with Crippen LogP contribution in [0.1, 0.15) is 13.8 Å². The van der Waals surface area contributed by atoms with Crippen molar-refractivity contribution in [1.82, 2.24) is 0 Å². The molecule has 0 radical (unpaired) electrons. The SMILES string of the molecule is CC(C)C(=O)N=C1SC2CS(=O)(=O)CC2N1c1cccc(F)c1. The molecule has 124 valence electrons. The van der Waals surface area contributed by atoms with E-state index in [1.807, 2.05) is 0 Å². The van der Waals surface area contributed by atoms with E-state index < -0.39 is 15.7 Å². The smallest absolute Gasteiger partial charge is 0.250 e. The van der Waals surface area contributed by atoms with Crippen LogP contribution in [0.15, 0.2) is 29.3 Å². The number of carbonyl (C=O) groups excluding carboxylic acids is 1. The number of hydrogen-bond donors (Lipinski definition) is 0. The van der Waals surface area contributed by atoms with Crippen LogP contribution in [-0.4, -0.2) is 42.3 Å². The molecule has 2 unspecified atom stereocenters. The molecule has 0 saturated carbocycles. The van der Waals surface area contributed by atoms with Crippen LogP contribution in [0.3, 0.4) is 0 Å². The molecule has 8 heteroatoms. The van der Waals surface area contributed by atoms with Crippen molar-refractivity contribution in [2.24, 2.45) is 10.9 Å². The summed E-state index contributed by atoms with van der Waals surface area (Å²) < 4.78 is 37.4. The topological polar surface area (TPSA) is 66.8 Å². The highest BCUT2D eigenvalue weighted by molar-refractivity contribution is 8.16. The molecular weight excluding hydrogens is 339 g/mol. The maximum absolute atomic E-state index is 13.6. The van der Waals surface area contributed by atoms with Crippen molar-refractivity contribution in [2.75, 3.05) is 16.4 Å². The van der Waals surface area contributed by atoms with Gasteiger partial charge in [-0.15, -0.1) is 0 Å². The average Bonchev–Trinajstić information content (AvgIpc) is 2.89. The third kappa shape index (κ3) is 3.28. The molecule has 0 aromatic heterocycles. The number of fused-ring (bicyclic) bond motifs is 1. The van der Waals surface area contributed by atoms with E-state index in [0.29, 0.717) is 10.9 Å². The van der Waals surface area contributed by atoms with Crippen molar-refractivity contribution in [3.63, 3.8) is 0 Å². The molecule has 2 heterocycles. The molecule has 0 N–H and O–H groups in total. The van der Waals surface area contributed by atoms with Crippen LogP contribution in [0.4, 0.5) is 10.1 Å². The van der Waals surface area contributed by atoms with Gasteiger partial charge in [0.05, 0.1) is 17.5 Å². The van der Waals surface area contributed by atoms with Gasteiger partial charge >= 0.3 is 0 Å². The highest BCUT2D eigenvalue weighted by Crippen LogP contribution is 2.41. The second-order valence-corrected chi connectivity index (χ2v) is 9.40. The molecule has 2 atom stereocenters. The lowest BCUT2D eigenvalue weighted by molar-refractivity contribution is -0.120. The Morgan fingerprint density at radius 1 is 1.39 bits per heavy atom. The largest absolute Gasteiger partial charge is 0.315 e. The quantitative estimate of drug-likeness (QED) is 0.812. The van der Waals surface area contributed by atoms with Crippen LogP contribution in [0.25, 0.3) is 0 Å². The molecule has 3 rings (SSSR count). The van der Waals surface area contributed by atoms with E-state index in [1.165, 1.54) is 23.9 Å². The number of anilines is 1. The Labute approximate surface area is 138 Å². The summed E-state index contributed by atoms with van der Waals surface area (Å²) in [5, 5.41) is 0.279. The van der Waals surface area contributed by atoms with E-state index in [2.05, 4.69) is 4.99 Å². The van der Waals surface area contributed by atoms with Crippen LogP contribution >= 0.6 is 11.8 Å². The first-order valence-electron chi connectivity index (χ1n) is 7.31. The molecule has 2 fully saturated rings. The van der Waals surface area contributed by atoms with Gasteiger partial charge in [0.1, 0.15) is 5.82 Å². The highest BCUT2D eigenvalue weighted by atomic mass is 32.2. The maximum atomic E-state index is 13.6. The average molecular weight is 356 g/mol. The summed E-state index contributed by atoms with van der Waals surface area (Å²) in [5.41, 5.74) is 0.525. The fourth-order valence-electron chi connectivity index (χ4n) is 2.72. The zero-order chi connectivity index (χ0) is 16.8. The van der Waals surface area contributed by atoms with Crippen molar-refractivity contribution in [3.8, 4) is 0 Å². The zero-order valence-electron chi connectivity index (χ0n) is 12.8. The monoisotopic (exact) mass is 356 g/mol. The Kier molecular flexibility index (Phi) is 4.22. The van der Waals surface area contributed by atoms with Crippen molar-refractivity contribution in [3.05, 3.63) is 30.1 Å². The Balaban J connectivity index is 2.02. The molecule has 5 nitrogen and oxygen atoms in total. The number of benzene rings is 1. The number of rotatable bonds is 2. The van der Waals surface area contributed by atoms with E-state index in [-0.39, 0.29) is 34.6 Å². The van der Waals surface area contributed by atoms with Crippen LogP contribution in [0.2, 0.25) is 0 Å². The third-order valence-corrected chi connectivity index (χ3v) is 7.06. The van der Waals surface area contributed by atoms with Crippen LogP contribution < -0.4 is 4.90 Å². The van der Waals surface area contributed by atoms with Crippen LogP contribution in [-0.2, 0) is 14.6 Å². The minimum atomic E-state index is -3.12. The molecule has 1 aromatic rings. The van der Waals surface area contributed by atoms with E-state index in [0.717, 1.165) is 0 Å². The molecule has 0 aliphatic carbocycles. The standard InChI is InChI=1S/C15H17FN2O3S2/c1-9(2)14(19)17-15-18(11-5-3-4-10(16)6-11)12-7-23(20,21)8-13(12)22-15/h3-6,9,12-13H,7-8H2,1-2H3. The zero-order valence-corrected chi connectivity index (χ0v) is 14.4. The summed E-state index contributed by atoms with van der Waals surface area (Å²) in [5.74, 6) is -0.872. The molecule has 1 aromatic carbocycles. The predicted molar refractivity (Wildman–Crippen MR) is 90.0 cm³/mol. The molecule has 23 heavy (non-hydrogen) atoms. The number of carbonyl (C=O) groups is 1. The Hall–Kier alpha value is -1.41. The van der Waals surface area contributed by atoms with Crippen molar-refractivity contribution < 1.29 is 17.6 Å². The summed E-state index contributed by atoms with van der Waals surface area (Å²) in [6.45, 7) is 3.51. The van der Waals surface area contributed by atoms with Gasteiger partial charge in [-0.05, 0) is 18.2 Å². The Morgan fingerprint density at radius 3 is 2.78 bits per heavy atom. The van der Waals surface area contributed by atoms with Gasteiger partial charge in [0, 0.05) is 16.9 Å². The van der Waals surface area contributed by atoms with Gasteiger partial charge in [0.2, 0.25) is 0 Å². The van der Waals surface area contributed by atoms with Gasteiger partial charge < -0.3 is 4.90 Å². The second kappa shape index (κ2) is 5.90. The molecular formula is C15H17FN2O3S2. The molecule has 1 amide bonds. The third-order valence-electron chi connectivity index (χ3n) is 3.85. The first-order valence-corrected chi connectivity index (χ1v) is 10.0. The summed E-state index contributed by atoms with van der Waals surface area (Å²) in [7, 11) is -3.12. The summed E-state index contributed by atoms with van der Waals surface area (Å²) >= 11 is 1.29. The number of amidine groups is 1. The maximum Gasteiger partial charge on any atom is 0.250 e. The van der Waals surface area contributed by atoms with Gasteiger partial charge in [-0.2, -0.15) is 4.99 Å². The number of halogens is 1. The molecule has 0 bridgehead atoms. The lowest BCUT2D eigenvalue weighted by atomic mass is 10.2. The Morgan fingerprint density at radius 2 is 2.13 bits per heavy atom. The fraction of sp³-hybridized carbons (Fsp3) is 0.467. The number of sulfone groups is 1. The molecule has 0 spiro atoms. The van der Waals surface area contributed by atoms with E-state index >= 15 is 0 Å². The van der Waals surface area contributed by atoms with Crippen molar-refractivity contribution >= 4 is 38.4 Å². The lowest BCUT2D eigenvalue weighted by Gasteiger charge is -2.24. The minimum absolute atomic E-state index is 0.00390. The predicted octanol–water partition coefficient (Wildman–Crippen LogP) is 2.08. The second-order valence-electron chi connectivity index (χ2n) is 6.04. The lowest BCUT2D eigenvalue weighted by Crippen LogP contribution is -2.37. The van der Waals surface area contributed by atoms with Gasteiger partial charge in [0.15, 0.2) is 15.0 Å². The number of amides is 1. The van der Waals surface area contributed by atoms with Crippen molar-refractivity contribution in [2.45, 2.75) is 25.1 Å². The molecule has 2 saturated heterocycles. The number of hydrogen-bond acceptors (Lipinski definition) is 4. The van der Waals surface area contributed by atoms with E-state index in [1.54, 1.807) is 30.9 Å². The summed E-state index contributed by atoms with van der Waals surface area (Å²) in [6.07, 6.45) is 0. The summed E-state index contributed by atoms with van der Waals surface area (Å²) in [6, 6.07) is 5.61. The number of nitrogens with zero attached hydrogens (tertiary/aromatic N) is 2. The number of aliphatic imine (C=N–C) groups is 1. The van der Waals surface area contributed by atoms with E-state index in [4.69, 9.17) is 0 Å². The Bertz CT molecular complexity index is 777. The first kappa shape index (κ1) is 16.4. The highest BCUT2D eigenvalue weighted by Gasteiger charge is 2.49. The van der Waals surface area contributed by atoms with Crippen LogP contribution in [0, 0.1) is 11.7 Å². The van der Waals surface area contributed by atoms with Gasteiger partial charge in [-0.3, -0.25) is 4.79 Å². The normalized spacial score (nSPS) is 27.7. The van der Waals surface area contributed by atoms with Gasteiger partial charge in [0.25, 0.3) is 5.91 Å². The van der Waals surface area contributed by atoms with E-state index in [9.17, 15) is 17.6 Å². The van der Waals surface area contributed by atoms with Crippen molar-refractivity contribution in [1.29, 1.82) is 0 Å². The number of thioether (sulfide) groups is 1. The van der Waals surface area contributed by atoms with Crippen LogP contribution in [0.5, 0.6) is 0 Å². The molecule has 2 aliphatic rings. The van der Waals surface area contributed by atoms with Gasteiger partial charge in [-0.25, -0.2) is 12.8 Å². The first-order chi connectivity index (χ1) is 10.8.